The monoisotopic (exact) mass is 757 g/mol. The van der Waals surface area contributed by atoms with Crippen molar-refractivity contribution in [3.8, 4) is 0 Å². The molecule has 1 atom stereocenters. The molecule has 0 spiro atoms. The quantitative estimate of drug-likeness (QED) is 0.122. The van der Waals surface area contributed by atoms with Gasteiger partial charge in [0.1, 0.15) is 11.9 Å². The second kappa shape index (κ2) is 16.3. The number of aliphatic imine (C=N–C) groups is 3. The van der Waals surface area contributed by atoms with Gasteiger partial charge in [-0.3, -0.25) is 29.4 Å². The van der Waals surface area contributed by atoms with E-state index in [1.54, 1.807) is 54.2 Å². The van der Waals surface area contributed by atoms with Crippen LogP contribution in [0.5, 0.6) is 0 Å². The molecule has 0 radical (unpaired) electrons. The topological polar surface area (TPSA) is 135 Å². The summed E-state index contributed by atoms with van der Waals surface area (Å²) in [4.78, 5) is 64.6. The predicted octanol–water partition coefficient (Wildman–Crippen LogP) is 8.00. The van der Waals surface area contributed by atoms with Crippen molar-refractivity contribution in [1.29, 1.82) is 0 Å². The fourth-order valence-electron chi connectivity index (χ4n) is 6.86. The Hall–Kier alpha value is -7.21. The van der Waals surface area contributed by atoms with E-state index in [-0.39, 0.29) is 30.3 Å². The van der Waals surface area contributed by atoms with Crippen molar-refractivity contribution >= 4 is 59.0 Å². The Kier molecular flexibility index (Phi) is 10.9. The second-order valence-corrected chi connectivity index (χ2v) is 14.1. The van der Waals surface area contributed by atoms with Crippen molar-refractivity contribution in [1.82, 2.24) is 9.88 Å². The number of rotatable bonds is 8. The number of pyridine rings is 1. The van der Waals surface area contributed by atoms with E-state index < -0.39 is 6.04 Å². The summed E-state index contributed by atoms with van der Waals surface area (Å²) in [7, 11) is 1.66. The lowest BCUT2D eigenvalue weighted by atomic mass is 9.98. The Morgan fingerprint density at radius 2 is 1.58 bits per heavy atom. The fraction of sp³-hybridized carbons (Fsp3) is 0.178. The first-order chi connectivity index (χ1) is 27.5. The number of nitrogens with zero attached hydrogens (tertiary/aromatic N) is 7. The van der Waals surface area contributed by atoms with Crippen molar-refractivity contribution in [2.75, 3.05) is 34.0 Å². The molecule has 5 aromatic rings. The SMILES string of the molecule is C=NC(=NC1=C(C)CN(c2cc(NC(=O)c3ccc4c(c3)N(Cc3ccccc3)C(=O)[C@H](C)N=C4c3ccccc3)ccc2C)C(=O)N1C)Nc1ccc(C)nc1. The molecular weight excluding hydrogens is 715 g/mol. The van der Waals surface area contributed by atoms with Gasteiger partial charge in [-0.05, 0) is 93.6 Å². The minimum atomic E-state index is -0.647. The van der Waals surface area contributed by atoms with Gasteiger partial charge in [0, 0.05) is 35.1 Å². The molecule has 12 heteroatoms. The van der Waals surface area contributed by atoms with Crippen LogP contribution in [0.1, 0.15) is 52.2 Å². The molecule has 2 N–H and O–H groups in total. The van der Waals surface area contributed by atoms with Crippen LogP contribution in [0.15, 0.2) is 142 Å². The van der Waals surface area contributed by atoms with Crippen LogP contribution < -0.4 is 20.4 Å². The van der Waals surface area contributed by atoms with E-state index in [9.17, 15) is 14.4 Å². The Morgan fingerprint density at radius 3 is 2.28 bits per heavy atom. The summed E-state index contributed by atoms with van der Waals surface area (Å²) in [6.45, 7) is 11.7. The molecule has 0 fully saturated rings. The molecule has 0 unspecified atom stereocenters. The van der Waals surface area contributed by atoms with Crippen molar-refractivity contribution < 1.29 is 14.4 Å². The molecular formula is C45H43N9O3. The number of benzodiazepines with no additional fused rings is 1. The van der Waals surface area contributed by atoms with Gasteiger partial charge < -0.3 is 15.5 Å². The minimum Gasteiger partial charge on any atom is -0.323 e. The molecule has 0 bridgehead atoms. The third kappa shape index (κ3) is 8.11. The highest BCUT2D eigenvalue weighted by Crippen LogP contribution is 2.33. The molecule has 1 aromatic heterocycles. The smallest absolute Gasteiger partial charge is 0.323 e. The number of carbonyl (C=O) groups excluding carboxylic acids is 3. The lowest BCUT2D eigenvalue weighted by Gasteiger charge is -2.35. The first-order valence-corrected chi connectivity index (χ1v) is 18.6. The predicted molar refractivity (Wildman–Crippen MR) is 228 cm³/mol. The molecule has 0 saturated carbocycles. The van der Waals surface area contributed by atoms with Gasteiger partial charge in [0.2, 0.25) is 5.96 Å². The van der Waals surface area contributed by atoms with E-state index in [1.165, 1.54) is 4.90 Å². The van der Waals surface area contributed by atoms with Crippen molar-refractivity contribution in [2.24, 2.45) is 15.0 Å². The summed E-state index contributed by atoms with van der Waals surface area (Å²) in [5.74, 6) is 0.141. The van der Waals surface area contributed by atoms with Gasteiger partial charge in [0.05, 0.1) is 42.1 Å². The Morgan fingerprint density at radius 1 is 0.860 bits per heavy atom. The highest BCUT2D eigenvalue weighted by atomic mass is 16.2. The summed E-state index contributed by atoms with van der Waals surface area (Å²) in [5, 5.41) is 6.13. The average molecular weight is 758 g/mol. The van der Waals surface area contributed by atoms with Crippen LogP contribution in [0.4, 0.5) is 27.5 Å². The van der Waals surface area contributed by atoms with E-state index in [4.69, 9.17) is 4.99 Å². The third-order valence-electron chi connectivity index (χ3n) is 9.88. The van der Waals surface area contributed by atoms with Crippen molar-refractivity contribution in [3.05, 3.63) is 160 Å². The number of carbonyl (C=O) groups is 3. The maximum Gasteiger partial charge on any atom is 0.330 e. The van der Waals surface area contributed by atoms with Crippen LogP contribution in [0, 0.1) is 13.8 Å². The zero-order valence-corrected chi connectivity index (χ0v) is 32.5. The number of hydrogen-bond acceptors (Lipinski definition) is 6. The van der Waals surface area contributed by atoms with E-state index in [0.29, 0.717) is 46.4 Å². The lowest BCUT2D eigenvalue weighted by molar-refractivity contribution is -0.119. The number of anilines is 4. The number of urea groups is 1. The number of fused-ring (bicyclic) bond motifs is 1. The molecule has 7 rings (SSSR count). The van der Waals surface area contributed by atoms with Crippen LogP contribution in [0.2, 0.25) is 0 Å². The van der Waals surface area contributed by atoms with Crippen LogP contribution in [0.25, 0.3) is 0 Å². The molecule has 4 amide bonds. The largest absolute Gasteiger partial charge is 0.330 e. The summed E-state index contributed by atoms with van der Waals surface area (Å²) in [6, 6.07) is 33.1. The first kappa shape index (κ1) is 38.1. The third-order valence-corrected chi connectivity index (χ3v) is 9.88. The van der Waals surface area contributed by atoms with Gasteiger partial charge in [0.25, 0.3) is 11.8 Å². The maximum absolute atomic E-state index is 14.0. The van der Waals surface area contributed by atoms with Gasteiger partial charge in [-0.2, -0.15) is 4.99 Å². The highest BCUT2D eigenvalue weighted by molar-refractivity contribution is 6.21. The Bertz CT molecular complexity index is 2460. The lowest BCUT2D eigenvalue weighted by Crippen LogP contribution is -2.46. The van der Waals surface area contributed by atoms with Crippen LogP contribution in [-0.4, -0.2) is 65.8 Å². The van der Waals surface area contributed by atoms with Gasteiger partial charge in [-0.15, -0.1) is 0 Å². The summed E-state index contributed by atoms with van der Waals surface area (Å²) in [5.41, 5.74) is 8.59. The number of hydrogen-bond donors (Lipinski definition) is 2. The number of aryl methyl sites for hydroxylation is 2. The molecule has 57 heavy (non-hydrogen) atoms. The first-order valence-electron chi connectivity index (χ1n) is 18.6. The molecule has 4 aromatic carbocycles. The Balaban J connectivity index is 1.17. The number of benzene rings is 4. The molecule has 3 heterocycles. The zero-order valence-electron chi connectivity index (χ0n) is 32.5. The van der Waals surface area contributed by atoms with Crippen LogP contribution in [0.3, 0.4) is 0 Å². The van der Waals surface area contributed by atoms with Gasteiger partial charge >= 0.3 is 6.03 Å². The molecule has 0 aliphatic carbocycles. The van der Waals surface area contributed by atoms with E-state index in [0.717, 1.165) is 33.5 Å². The van der Waals surface area contributed by atoms with E-state index in [1.807, 2.05) is 106 Å². The number of nitrogens with one attached hydrogen (secondary N) is 2. The molecule has 2 aliphatic heterocycles. The zero-order chi connectivity index (χ0) is 40.2. The highest BCUT2D eigenvalue weighted by Gasteiger charge is 2.32. The fourth-order valence-corrected chi connectivity index (χ4v) is 6.86. The van der Waals surface area contributed by atoms with Crippen LogP contribution >= 0.6 is 0 Å². The average Bonchev–Trinajstić information content (AvgIpc) is 3.32. The van der Waals surface area contributed by atoms with Gasteiger partial charge in [-0.25, -0.2) is 9.79 Å². The minimum absolute atomic E-state index is 0.169. The van der Waals surface area contributed by atoms with E-state index in [2.05, 4.69) is 32.3 Å². The molecule has 286 valence electrons. The van der Waals surface area contributed by atoms with Crippen molar-refractivity contribution in [3.63, 3.8) is 0 Å². The van der Waals surface area contributed by atoms with Crippen molar-refractivity contribution in [2.45, 2.75) is 40.3 Å². The van der Waals surface area contributed by atoms with Crippen LogP contribution in [-0.2, 0) is 11.3 Å². The normalized spacial score (nSPS) is 15.9. The summed E-state index contributed by atoms with van der Waals surface area (Å²) < 4.78 is 0. The molecule has 0 saturated heterocycles. The standard InChI is InChI=1S/C45H43N9O3/c1-28-17-20-35(24-38(28)54-26-29(2)41(52(6)45(54)57)51-44(46-5)50-36-21-18-30(3)47-25-36)49-42(55)34-19-22-37-39(23-34)53(27-32-13-9-7-10-14-32)43(56)31(4)48-40(37)33-15-11-8-12-16-33/h7-25,31H,5,26-27H2,1-4,6H3,(H,49,55)(H,50,51)/t31-/m0/s1. The van der Waals surface area contributed by atoms with Gasteiger partial charge in [0.15, 0.2) is 0 Å². The maximum atomic E-state index is 14.0. The number of aromatic nitrogens is 1. The summed E-state index contributed by atoms with van der Waals surface area (Å²) >= 11 is 0. The Labute approximate surface area is 332 Å². The van der Waals surface area contributed by atoms with Gasteiger partial charge in [-0.1, -0.05) is 66.7 Å². The number of guanidine groups is 1. The summed E-state index contributed by atoms with van der Waals surface area (Å²) in [6.07, 6.45) is 1.68. The van der Waals surface area contributed by atoms with E-state index >= 15 is 0 Å². The molecule has 12 nitrogen and oxygen atoms in total. The second-order valence-electron chi connectivity index (χ2n) is 14.1. The number of amides is 4. The molecule has 2 aliphatic rings.